The third-order valence-electron chi connectivity index (χ3n) is 11.4. The molecule has 0 aromatic heterocycles. The van der Waals surface area contributed by atoms with Crippen LogP contribution in [0, 0.1) is 0 Å². The van der Waals surface area contributed by atoms with E-state index in [1.165, 1.54) is 103 Å². The molecule has 11 heteroatoms. The molecule has 0 fully saturated rings. The second kappa shape index (κ2) is 43.0. The summed E-state index contributed by atoms with van der Waals surface area (Å²) in [5.74, 6) is 0.860. The molecule has 59 heavy (non-hydrogen) atoms. The van der Waals surface area contributed by atoms with Gasteiger partial charge in [0.1, 0.15) is 6.10 Å². The van der Waals surface area contributed by atoms with E-state index in [9.17, 15) is 35.1 Å². The maximum absolute atomic E-state index is 12.9. The minimum Gasteiger partial charge on any atom is -0.392 e. The van der Waals surface area contributed by atoms with Gasteiger partial charge in [-0.3, -0.25) is 19.4 Å². The Morgan fingerprint density at radius 2 is 0.678 bits per heavy atom. The molecular weight excluding hydrogens is 781 g/mol. The molecule has 0 heterocycles. The third kappa shape index (κ3) is 39.1. The van der Waals surface area contributed by atoms with E-state index in [1.807, 2.05) is 0 Å². The van der Waals surface area contributed by atoms with E-state index in [2.05, 4.69) is 37.5 Å². The summed E-state index contributed by atoms with van der Waals surface area (Å²) in [6.07, 6.45) is 27.2. The standard InChI is InChI=1S/C48H96N2O7S2/c1-5-9-13-17-21-25-29-42(51)38-49(39-43(52)30-26-22-18-14-10-6-2)33-35-58-47(56)37-46(55)48(57)59-36-34-50(40-44(53)31-27-23-19-15-11-7-3)41-45(54)32-28-24-20-16-12-8-4/h42-46,51-55H,5-41H2,1-4H3. The molecule has 0 aromatic rings. The lowest BCUT2D eigenvalue weighted by atomic mass is 10.1. The summed E-state index contributed by atoms with van der Waals surface area (Å²) in [7, 11) is 0. The number of hydrogen-bond acceptors (Lipinski definition) is 11. The number of carbonyl (C=O) groups is 2. The van der Waals surface area contributed by atoms with Crippen LogP contribution in [-0.4, -0.2) is 127 Å². The van der Waals surface area contributed by atoms with Crippen molar-refractivity contribution in [2.24, 2.45) is 0 Å². The van der Waals surface area contributed by atoms with Crippen LogP contribution >= 0.6 is 23.5 Å². The Labute approximate surface area is 372 Å². The average Bonchev–Trinajstić information content (AvgIpc) is 3.19. The first-order valence-electron chi connectivity index (χ1n) is 24.7. The molecule has 0 saturated carbocycles. The number of unbranched alkanes of at least 4 members (excludes halogenated alkanes) is 20. The van der Waals surface area contributed by atoms with Gasteiger partial charge in [0, 0.05) is 50.8 Å². The van der Waals surface area contributed by atoms with Gasteiger partial charge in [0.2, 0.25) is 5.12 Å². The summed E-state index contributed by atoms with van der Waals surface area (Å²) < 4.78 is 0. The zero-order valence-corrected chi connectivity index (χ0v) is 40.4. The van der Waals surface area contributed by atoms with E-state index in [0.717, 1.165) is 101 Å². The van der Waals surface area contributed by atoms with Gasteiger partial charge in [0.05, 0.1) is 30.8 Å². The molecule has 0 aliphatic carbocycles. The van der Waals surface area contributed by atoms with E-state index in [-0.39, 0.29) is 11.5 Å². The maximum atomic E-state index is 12.9. The van der Waals surface area contributed by atoms with E-state index in [0.29, 0.717) is 50.8 Å². The monoisotopic (exact) mass is 877 g/mol. The van der Waals surface area contributed by atoms with Crippen molar-refractivity contribution in [1.29, 1.82) is 0 Å². The van der Waals surface area contributed by atoms with Gasteiger partial charge in [0.15, 0.2) is 5.12 Å². The third-order valence-corrected chi connectivity index (χ3v) is 13.2. The summed E-state index contributed by atoms with van der Waals surface area (Å²) in [6.45, 7) is 11.7. The van der Waals surface area contributed by atoms with Crippen LogP contribution in [-0.2, 0) is 9.59 Å². The van der Waals surface area contributed by atoms with Crippen LogP contribution in [0.1, 0.15) is 214 Å². The lowest BCUT2D eigenvalue weighted by molar-refractivity contribution is -0.122. The number of rotatable bonds is 45. The Morgan fingerprint density at radius 3 is 0.983 bits per heavy atom. The topological polar surface area (TPSA) is 142 Å². The molecule has 0 aliphatic rings. The zero-order valence-electron chi connectivity index (χ0n) is 38.8. The van der Waals surface area contributed by atoms with Crippen molar-refractivity contribution in [2.45, 2.75) is 244 Å². The van der Waals surface area contributed by atoms with E-state index < -0.39 is 35.6 Å². The fraction of sp³-hybridized carbons (Fsp3) is 0.958. The van der Waals surface area contributed by atoms with E-state index in [1.54, 1.807) is 0 Å². The second-order valence-electron chi connectivity index (χ2n) is 17.5. The number of hydrogen-bond donors (Lipinski definition) is 5. The number of carbonyl (C=O) groups excluding carboxylic acids is 2. The molecule has 0 aromatic carbocycles. The van der Waals surface area contributed by atoms with Gasteiger partial charge in [0.25, 0.3) is 0 Å². The van der Waals surface area contributed by atoms with Crippen molar-refractivity contribution < 1.29 is 35.1 Å². The smallest absolute Gasteiger partial charge is 0.217 e. The Morgan fingerprint density at radius 1 is 0.407 bits per heavy atom. The average molecular weight is 877 g/mol. The first-order valence-corrected chi connectivity index (χ1v) is 26.7. The molecule has 0 rings (SSSR count). The molecule has 5 N–H and O–H groups in total. The molecule has 352 valence electrons. The highest BCUT2D eigenvalue weighted by Gasteiger charge is 2.22. The molecule has 0 aliphatic heterocycles. The van der Waals surface area contributed by atoms with Crippen LogP contribution in [0.3, 0.4) is 0 Å². The first kappa shape index (κ1) is 58.8. The van der Waals surface area contributed by atoms with Gasteiger partial charge in [-0.25, -0.2) is 0 Å². The molecule has 0 spiro atoms. The number of aliphatic hydroxyl groups excluding tert-OH is 5. The summed E-state index contributed by atoms with van der Waals surface area (Å²) in [5, 5.41) is 53.4. The second-order valence-corrected chi connectivity index (χ2v) is 19.7. The number of thioether (sulfide) groups is 2. The molecule has 0 bridgehead atoms. The van der Waals surface area contributed by atoms with Crippen LogP contribution in [0.15, 0.2) is 0 Å². The van der Waals surface area contributed by atoms with Crippen molar-refractivity contribution in [3.05, 3.63) is 0 Å². The van der Waals surface area contributed by atoms with Crippen LogP contribution in [0.4, 0.5) is 0 Å². The lowest BCUT2D eigenvalue weighted by Gasteiger charge is -2.27. The molecule has 0 amide bonds. The SMILES string of the molecule is CCCCCCCCC(O)CN(CCSC(=O)CC(O)C(=O)SCCN(CC(O)CCCCCCCC)CC(O)CCCCCCCC)CC(O)CCCCCCCC. The van der Waals surface area contributed by atoms with Crippen molar-refractivity contribution >= 4 is 33.8 Å². The van der Waals surface area contributed by atoms with Crippen molar-refractivity contribution in [3.63, 3.8) is 0 Å². The molecule has 0 saturated heterocycles. The van der Waals surface area contributed by atoms with Crippen LogP contribution in [0.25, 0.3) is 0 Å². The highest BCUT2D eigenvalue weighted by atomic mass is 32.2. The summed E-state index contributed by atoms with van der Waals surface area (Å²) in [4.78, 5) is 29.9. The normalized spacial score (nSPS) is 14.6. The predicted octanol–water partition coefficient (Wildman–Crippen LogP) is 10.3. The van der Waals surface area contributed by atoms with Crippen LogP contribution < -0.4 is 0 Å². The van der Waals surface area contributed by atoms with Gasteiger partial charge in [-0.1, -0.05) is 205 Å². The highest BCUT2D eigenvalue weighted by Crippen LogP contribution is 2.18. The summed E-state index contributed by atoms with van der Waals surface area (Å²) in [5.41, 5.74) is 0. The van der Waals surface area contributed by atoms with E-state index in [4.69, 9.17) is 0 Å². The van der Waals surface area contributed by atoms with Gasteiger partial charge in [-0.15, -0.1) is 0 Å². The molecule has 0 radical (unpaired) electrons. The Hall–Kier alpha value is -0.240. The lowest BCUT2D eigenvalue weighted by Crippen LogP contribution is -2.39. The highest BCUT2D eigenvalue weighted by molar-refractivity contribution is 8.14. The minimum absolute atomic E-state index is 0.246. The summed E-state index contributed by atoms with van der Waals surface area (Å²) in [6, 6.07) is 0. The molecule has 5 atom stereocenters. The number of aliphatic hydroxyl groups is 5. The van der Waals surface area contributed by atoms with E-state index >= 15 is 0 Å². The molecule has 9 nitrogen and oxygen atoms in total. The van der Waals surface area contributed by atoms with Crippen LogP contribution in [0.5, 0.6) is 0 Å². The quantitative estimate of drug-likeness (QED) is 0.0373. The fourth-order valence-electron chi connectivity index (χ4n) is 7.67. The Balaban J connectivity index is 4.96. The first-order chi connectivity index (χ1) is 28.6. The van der Waals surface area contributed by atoms with Gasteiger partial charge in [-0.2, -0.15) is 0 Å². The minimum atomic E-state index is -1.39. The van der Waals surface area contributed by atoms with Gasteiger partial charge < -0.3 is 25.5 Å². The molecule has 5 unspecified atom stereocenters. The largest absolute Gasteiger partial charge is 0.392 e. The van der Waals surface area contributed by atoms with Crippen LogP contribution in [0.2, 0.25) is 0 Å². The van der Waals surface area contributed by atoms with Gasteiger partial charge >= 0.3 is 0 Å². The van der Waals surface area contributed by atoms with Crippen molar-refractivity contribution in [2.75, 3.05) is 50.8 Å². The Bertz CT molecular complexity index is 888. The fourth-order valence-corrected chi connectivity index (χ4v) is 9.35. The maximum Gasteiger partial charge on any atom is 0.217 e. The molecular formula is C48H96N2O7S2. The van der Waals surface area contributed by atoms with Crippen molar-refractivity contribution in [3.8, 4) is 0 Å². The summed E-state index contributed by atoms with van der Waals surface area (Å²) >= 11 is 2.11. The van der Waals surface area contributed by atoms with Gasteiger partial charge in [-0.05, 0) is 25.7 Å². The number of nitrogens with zero attached hydrogens (tertiary/aromatic N) is 2. The predicted molar refractivity (Wildman–Crippen MR) is 254 cm³/mol. The zero-order chi connectivity index (χ0) is 43.8. The van der Waals surface area contributed by atoms with Crippen molar-refractivity contribution in [1.82, 2.24) is 9.80 Å². The Kier molecular flexibility index (Phi) is 42.9.